The van der Waals surface area contributed by atoms with E-state index in [9.17, 15) is 0 Å². The predicted molar refractivity (Wildman–Crippen MR) is 83.5 cm³/mol. The van der Waals surface area contributed by atoms with Crippen LogP contribution in [-0.2, 0) is 0 Å². The van der Waals surface area contributed by atoms with Crippen molar-refractivity contribution in [1.29, 1.82) is 0 Å². The van der Waals surface area contributed by atoms with Crippen LogP contribution in [0.3, 0.4) is 0 Å². The fourth-order valence-electron chi connectivity index (χ4n) is 3.52. The van der Waals surface area contributed by atoms with Gasteiger partial charge in [-0.15, -0.1) is 0 Å². The van der Waals surface area contributed by atoms with Gasteiger partial charge in [-0.1, -0.05) is 44.9 Å². The number of hydrogen-bond acceptors (Lipinski definition) is 1. The molecular formula is C18H29N. The summed E-state index contributed by atoms with van der Waals surface area (Å²) in [6.45, 7) is 10.1. The third-order valence-corrected chi connectivity index (χ3v) is 4.76. The molecular weight excluding hydrogens is 230 g/mol. The molecule has 0 aliphatic heterocycles. The Morgan fingerprint density at radius 2 is 2.00 bits per heavy atom. The largest absolute Gasteiger partial charge is 0.310 e. The molecule has 1 aromatic rings. The number of nitrogens with one attached hydrogen (secondary N) is 1. The smallest absolute Gasteiger partial charge is 0.0348 e. The molecule has 3 atom stereocenters. The maximum absolute atomic E-state index is 3.74. The molecule has 0 aromatic heterocycles. The molecule has 106 valence electrons. The molecule has 0 spiro atoms. The average molecular weight is 259 g/mol. The van der Waals surface area contributed by atoms with Crippen LogP contribution in [0.4, 0.5) is 0 Å². The van der Waals surface area contributed by atoms with Crippen molar-refractivity contribution in [2.75, 3.05) is 6.54 Å². The summed E-state index contributed by atoms with van der Waals surface area (Å²) in [4.78, 5) is 0. The van der Waals surface area contributed by atoms with Gasteiger partial charge in [0.2, 0.25) is 0 Å². The molecule has 0 saturated heterocycles. The minimum Gasteiger partial charge on any atom is -0.310 e. The fourth-order valence-corrected chi connectivity index (χ4v) is 3.52. The minimum atomic E-state index is 0.548. The second-order valence-electron chi connectivity index (χ2n) is 6.41. The summed E-state index contributed by atoms with van der Waals surface area (Å²) in [5.74, 6) is 1.71. The Bertz CT molecular complexity index is 410. The lowest BCUT2D eigenvalue weighted by Crippen LogP contribution is -2.31. The summed E-state index contributed by atoms with van der Waals surface area (Å²) in [6, 6.07) is 7.55. The molecule has 0 heterocycles. The zero-order chi connectivity index (χ0) is 13.8. The number of benzene rings is 1. The summed E-state index contributed by atoms with van der Waals surface area (Å²) in [5.41, 5.74) is 4.31. The Kier molecular flexibility index (Phi) is 5.04. The highest BCUT2D eigenvalue weighted by molar-refractivity contribution is 5.32. The maximum Gasteiger partial charge on any atom is 0.0348 e. The SMILES string of the molecule is CCNC(c1ccc(C)c(C)c1)C1CCCC(C)C1. The molecule has 1 N–H and O–H groups in total. The predicted octanol–water partition coefficient (Wildman–Crippen LogP) is 4.78. The molecule has 1 aliphatic carbocycles. The van der Waals surface area contributed by atoms with E-state index in [0.717, 1.165) is 18.4 Å². The molecule has 1 saturated carbocycles. The Hall–Kier alpha value is -0.820. The van der Waals surface area contributed by atoms with Crippen molar-refractivity contribution < 1.29 is 0 Å². The Balaban J connectivity index is 2.20. The topological polar surface area (TPSA) is 12.0 Å². The van der Waals surface area contributed by atoms with Crippen LogP contribution < -0.4 is 5.32 Å². The first-order valence-electron chi connectivity index (χ1n) is 7.92. The quantitative estimate of drug-likeness (QED) is 0.820. The van der Waals surface area contributed by atoms with Crippen molar-refractivity contribution in [3.8, 4) is 0 Å². The van der Waals surface area contributed by atoms with Crippen molar-refractivity contribution >= 4 is 0 Å². The molecule has 0 amide bonds. The average Bonchev–Trinajstić information content (AvgIpc) is 2.39. The molecule has 1 fully saturated rings. The summed E-state index contributed by atoms with van der Waals surface area (Å²) in [7, 11) is 0. The van der Waals surface area contributed by atoms with Crippen LogP contribution in [0.2, 0.25) is 0 Å². The second-order valence-corrected chi connectivity index (χ2v) is 6.41. The first-order chi connectivity index (χ1) is 9.11. The fraction of sp³-hybridized carbons (Fsp3) is 0.667. The molecule has 2 rings (SSSR count). The zero-order valence-corrected chi connectivity index (χ0v) is 13.0. The van der Waals surface area contributed by atoms with E-state index in [4.69, 9.17) is 0 Å². The summed E-state index contributed by atoms with van der Waals surface area (Å²) in [6.07, 6.45) is 5.58. The summed E-state index contributed by atoms with van der Waals surface area (Å²) >= 11 is 0. The lowest BCUT2D eigenvalue weighted by Gasteiger charge is -2.34. The van der Waals surface area contributed by atoms with E-state index < -0.39 is 0 Å². The van der Waals surface area contributed by atoms with Crippen molar-refractivity contribution in [1.82, 2.24) is 5.32 Å². The highest BCUT2D eigenvalue weighted by Crippen LogP contribution is 2.37. The molecule has 1 nitrogen and oxygen atoms in total. The van der Waals surface area contributed by atoms with Gasteiger partial charge in [0, 0.05) is 6.04 Å². The second kappa shape index (κ2) is 6.56. The number of hydrogen-bond donors (Lipinski definition) is 1. The number of rotatable bonds is 4. The van der Waals surface area contributed by atoms with E-state index in [1.165, 1.54) is 42.4 Å². The van der Waals surface area contributed by atoms with Crippen molar-refractivity contribution in [2.24, 2.45) is 11.8 Å². The van der Waals surface area contributed by atoms with Crippen LogP contribution in [0.5, 0.6) is 0 Å². The van der Waals surface area contributed by atoms with E-state index in [-0.39, 0.29) is 0 Å². The van der Waals surface area contributed by atoms with E-state index in [1.807, 2.05) is 0 Å². The van der Waals surface area contributed by atoms with Crippen LogP contribution in [0.1, 0.15) is 62.3 Å². The molecule has 1 aliphatic rings. The van der Waals surface area contributed by atoms with Gasteiger partial charge in [-0.25, -0.2) is 0 Å². The van der Waals surface area contributed by atoms with Crippen LogP contribution >= 0.6 is 0 Å². The van der Waals surface area contributed by atoms with Gasteiger partial charge in [-0.3, -0.25) is 0 Å². The molecule has 0 bridgehead atoms. The summed E-state index contributed by atoms with van der Waals surface area (Å²) < 4.78 is 0. The van der Waals surface area contributed by atoms with E-state index >= 15 is 0 Å². The molecule has 3 unspecified atom stereocenters. The van der Waals surface area contributed by atoms with Gasteiger partial charge in [0.1, 0.15) is 0 Å². The van der Waals surface area contributed by atoms with Gasteiger partial charge in [-0.2, -0.15) is 0 Å². The normalized spacial score (nSPS) is 25.3. The third kappa shape index (κ3) is 3.60. The number of aryl methyl sites for hydroxylation is 2. The van der Waals surface area contributed by atoms with Gasteiger partial charge in [0.25, 0.3) is 0 Å². The Morgan fingerprint density at radius 3 is 2.63 bits per heavy atom. The highest BCUT2D eigenvalue weighted by atomic mass is 14.9. The summed E-state index contributed by atoms with van der Waals surface area (Å²) in [5, 5.41) is 3.74. The molecule has 19 heavy (non-hydrogen) atoms. The first kappa shape index (κ1) is 14.6. The molecule has 1 heteroatoms. The molecule has 0 radical (unpaired) electrons. The van der Waals surface area contributed by atoms with Crippen molar-refractivity contribution in [2.45, 2.75) is 59.4 Å². The van der Waals surface area contributed by atoms with Gasteiger partial charge in [0.15, 0.2) is 0 Å². The Labute approximate surface area is 118 Å². The third-order valence-electron chi connectivity index (χ3n) is 4.76. The lowest BCUT2D eigenvalue weighted by atomic mass is 9.76. The standard InChI is InChI=1S/C18H29N/c1-5-19-18(16-8-6-7-13(2)11-16)17-10-9-14(3)15(4)12-17/h9-10,12-13,16,18-19H,5-8,11H2,1-4H3. The first-order valence-corrected chi connectivity index (χ1v) is 7.92. The molecule has 1 aromatic carbocycles. The van der Waals surface area contributed by atoms with Crippen LogP contribution in [-0.4, -0.2) is 6.54 Å². The van der Waals surface area contributed by atoms with Crippen LogP contribution in [0, 0.1) is 25.7 Å². The van der Waals surface area contributed by atoms with E-state index in [0.29, 0.717) is 6.04 Å². The monoisotopic (exact) mass is 259 g/mol. The van der Waals surface area contributed by atoms with Gasteiger partial charge in [-0.05, 0) is 61.8 Å². The maximum atomic E-state index is 3.74. The van der Waals surface area contributed by atoms with Gasteiger partial charge in [0.05, 0.1) is 0 Å². The van der Waals surface area contributed by atoms with Crippen LogP contribution in [0.15, 0.2) is 18.2 Å². The van der Waals surface area contributed by atoms with Gasteiger partial charge >= 0.3 is 0 Å². The Morgan fingerprint density at radius 1 is 1.21 bits per heavy atom. The van der Waals surface area contributed by atoms with Gasteiger partial charge < -0.3 is 5.32 Å². The van der Waals surface area contributed by atoms with E-state index in [1.54, 1.807) is 0 Å². The highest BCUT2D eigenvalue weighted by Gasteiger charge is 2.27. The van der Waals surface area contributed by atoms with Crippen LogP contribution in [0.25, 0.3) is 0 Å². The van der Waals surface area contributed by atoms with Crippen molar-refractivity contribution in [3.05, 3.63) is 34.9 Å². The minimum absolute atomic E-state index is 0.548. The van der Waals surface area contributed by atoms with Crippen molar-refractivity contribution in [3.63, 3.8) is 0 Å². The zero-order valence-electron chi connectivity index (χ0n) is 13.0. The lowest BCUT2D eigenvalue weighted by molar-refractivity contribution is 0.225. The van der Waals surface area contributed by atoms with E-state index in [2.05, 4.69) is 51.2 Å².